The lowest BCUT2D eigenvalue weighted by Gasteiger charge is -2.30. The number of fused-ring (bicyclic) bond motifs is 1. The van der Waals surface area contributed by atoms with E-state index in [-0.39, 0.29) is 30.6 Å². The van der Waals surface area contributed by atoms with Crippen LogP contribution in [-0.4, -0.2) is 66.9 Å². The van der Waals surface area contributed by atoms with Gasteiger partial charge in [-0.15, -0.1) is 0 Å². The van der Waals surface area contributed by atoms with E-state index < -0.39 is 5.97 Å². The van der Waals surface area contributed by atoms with Crippen LogP contribution in [0.3, 0.4) is 0 Å². The van der Waals surface area contributed by atoms with Crippen LogP contribution in [0.1, 0.15) is 62.2 Å². The number of H-pyrrole nitrogens is 1. The molecule has 176 valence electrons. The van der Waals surface area contributed by atoms with E-state index in [0.29, 0.717) is 78.7 Å². The third-order valence-corrected chi connectivity index (χ3v) is 6.35. The zero-order chi connectivity index (χ0) is 23.5. The number of aromatic nitrogens is 1. The first-order valence-corrected chi connectivity index (χ1v) is 11.4. The van der Waals surface area contributed by atoms with E-state index in [1.165, 1.54) is 0 Å². The summed E-state index contributed by atoms with van der Waals surface area (Å²) in [6.45, 7) is 8.14. The number of aryl methyl sites for hydroxylation is 1. The number of carbonyl (C=O) groups is 3. The maximum atomic E-state index is 13.0. The molecule has 0 aliphatic carbocycles. The minimum atomic E-state index is -0.415. The van der Waals surface area contributed by atoms with E-state index in [1.54, 1.807) is 39.0 Å². The Morgan fingerprint density at radius 2 is 1.79 bits per heavy atom. The molecule has 33 heavy (non-hydrogen) atoms. The lowest BCUT2D eigenvalue weighted by Crippen LogP contribution is -2.39. The second kappa shape index (κ2) is 9.79. The average molecular weight is 455 g/mol. The number of nitrogens with one attached hydrogen (secondary N) is 1. The van der Waals surface area contributed by atoms with E-state index in [9.17, 15) is 14.4 Å². The minimum absolute atomic E-state index is 0.0669. The number of nitrogens with zero attached hydrogens (tertiary/aromatic N) is 1. The van der Waals surface area contributed by atoms with Crippen LogP contribution in [-0.2, 0) is 4.74 Å². The van der Waals surface area contributed by atoms with Crippen molar-refractivity contribution in [3.05, 3.63) is 46.3 Å². The van der Waals surface area contributed by atoms with Crippen molar-refractivity contribution < 1.29 is 28.6 Å². The maximum Gasteiger partial charge on any atom is 0.340 e. The van der Waals surface area contributed by atoms with Gasteiger partial charge >= 0.3 is 5.97 Å². The fourth-order valence-electron chi connectivity index (χ4n) is 4.61. The van der Waals surface area contributed by atoms with Gasteiger partial charge in [-0.1, -0.05) is 0 Å². The van der Waals surface area contributed by atoms with Gasteiger partial charge in [0.15, 0.2) is 23.1 Å². The normalized spacial score (nSPS) is 16.5. The molecule has 1 N–H and O–H groups in total. The fraction of sp³-hybridized carbons (Fsp3) is 0.480. The predicted molar refractivity (Wildman–Crippen MR) is 121 cm³/mol. The van der Waals surface area contributed by atoms with Gasteiger partial charge in [0.2, 0.25) is 0 Å². The number of likely N-dealkylation sites (tertiary alicyclic amines) is 1. The standard InChI is InChI=1S/C25H30N2O6/c1-4-31-25(30)22-15(2)23(26-16(22)3)19(28)14-27-9-7-17(8-10-27)24(29)18-5-6-20-21(13-18)33-12-11-32-20/h5-6,13,17,26H,4,7-12,14H2,1-3H3. The summed E-state index contributed by atoms with van der Waals surface area (Å²) in [7, 11) is 0. The Morgan fingerprint density at radius 3 is 2.48 bits per heavy atom. The first kappa shape index (κ1) is 23.0. The lowest BCUT2D eigenvalue weighted by atomic mass is 9.88. The van der Waals surface area contributed by atoms with Crippen molar-refractivity contribution in [1.29, 1.82) is 0 Å². The molecular formula is C25H30N2O6. The summed E-state index contributed by atoms with van der Waals surface area (Å²) >= 11 is 0. The van der Waals surface area contributed by atoms with Gasteiger partial charge in [0, 0.05) is 17.2 Å². The highest BCUT2D eigenvalue weighted by atomic mass is 16.6. The minimum Gasteiger partial charge on any atom is -0.486 e. The summed E-state index contributed by atoms with van der Waals surface area (Å²) in [5, 5.41) is 0. The number of hydrogen-bond acceptors (Lipinski definition) is 7. The summed E-state index contributed by atoms with van der Waals surface area (Å²) in [5.74, 6) is 0.835. The molecule has 8 heteroatoms. The van der Waals surface area contributed by atoms with Gasteiger partial charge in [-0.3, -0.25) is 14.5 Å². The van der Waals surface area contributed by atoms with Gasteiger partial charge in [0.25, 0.3) is 0 Å². The fourth-order valence-corrected chi connectivity index (χ4v) is 4.61. The summed E-state index contributed by atoms with van der Waals surface area (Å²) in [4.78, 5) is 43.3. The number of hydrogen-bond donors (Lipinski definition) is 1. The number of aromatic amines is 1. The highest BCUT2D eigenvalue weighted by molar-refractivity contribution is 6.02. The second-order valence-corrected chi connectivity index (χ2v) is 8.54. The lowest BCUT2D eigenvalue weighted by molar-refractivity contribution is 0.0524. The average Bonchev–Trinajstić information content (AvgIpc) is 3.13. The van der Waals surface area contributed by atoms with Crippen molar-refractivity contribution >= 4 is 17.5 Å². The second-order valence-electron chi connectivity index (χ2n) is 8.54. The zero-order valence-electron chi connectivity index (χ0n) is 19.4. The number of Topliss-reactive ketones (excluding diaryl/α,β-unsaturated/α-hetero) is 2. The molecule has 8 nitrogen and oxygen atoms in total. The van der Waals surface area contributed by atoms with E-state index in [1.807, 2.05) is 0 Å². The predicted octanol–water partition coefficient (Wildman–Crippen LogP) is 3.36. The molecule has 1 fully saturated rings. The van der Waals surface area contributed by atoms with Crippen LogP contribution < -0.4 is 9.47 Å². The highest BCUT2D eigenvalue weighted by Crippen LogP contribution is 2.32. The molecule has 1 aromatic heterocycles. The summed E-state index contributed by atoms with van der Waals surface area (Å²) in [5.41, 5.74) is 2.78. The number of rotatable bonds is 7. The van der Waals surface area contributed by atoms with Crippen LogP contribution in [0.4, 0.5) is 0 Å². The molecule has 0 unspecified atom stereocenters. The maximum absolute atomic E-state index is 13.0. The summed E-state index contributed by atoms with van der Waals surface area (Å²) < 4.78 is 16.2. The van der Waals surface area contributed by atoms with Crippen molar-refractivity contribution in [3.63, 3.8) is 0 Å². The Kier molecular flexibility index (Phi) is 6.83. The molecule has 0 radical (unpaired) electrons. The van der Waals surface area contributed by atoms with Crippen molar-refractivity contribution in [1.82, 2.24) is 9.88 Å². The van der Waals surface area contributed by atoms with Gasteiger partial charge < -0.3 is 19.2 Å². The molecular weight excluding hydrogens is 424 g/mol. The molecule has 3 heterocycles. The van der Waals surface area contributed by atoms with Gasteiger partial charge in [-0.05, 0) is 70.5 Å². The Hall–Kier alpha value is -3.13. The van der Waals surface area contributed by atoms with Crippen molar-refractivity contribution in [2.75, 3.05) is 39.5 Å². The number of piperidine rings is 1. The van der Waals surface area contributed by atoms with Gasteiger partial charge in [-0.25, -0.2) is 4.79 Å². The smallest absolute Gasteiger partial charge is 0.340 e. The molecule has 2 aliphatic rings. The molecule has 4 rings (SSSR count). The van der Waals surface area contributed by atoms with Crippen LogP contribution in [0.2, 0.25) is 0 Å². The third-order valence-electron chi connectivity index (χ3n) is 6.35. The quantitative estimate of drug-likeness (QED) is 0.506. The number of ether oxygens (including phenoxy) is 3. The van der Waals surface area contributed by atoms with Crippen LogP contribution in [0, 0.1) is 19.8 Å². The largest absolute Gasteiger partial charge is 0.486 e. The molecule has 0 atom stereocenters. The van der Waals surface area contributed by atoms with Crippen LogP contribution in [0.5, 0.6) is 11.5 Å². The molecule has 1 aromatic carbocycles. The van der Waals surface area contributed by atoms with Gasteiger partial charge in [0.1, 0.15) is 13.2 Å². The molecule has 0 bridgehead atoms. The number of benzene rings is 1. The van der Waals surface area contributed by atoms with Crippen LogP contribution >= 0.6 is 0 Å². The van der Waals surface area contributed by atoms with Gasteiger partial charge in [0.05, 0.1) is 24.4 Å². The van der Waals surface area contributed by atoms with E-state index in [2.05, 4.69) is 9.88 Å². The highest BCUT2D eigenvalue weighted by Gasteiger charge is 2.29. The summed E-state index contributed by atoms with van der Waals surface area (Å²) in [6.07, 6.45) is 1.38. The van der Waals surface area contributed by atoms with Crippen molar-refractivity contribution in [2.45, 2.75) is 33.6 Å². The topological polar surface area (TPSA) is 97.9 Å². The number of ketones is 2. The van der Waals surface area contributed by atoms with Crippen molar-refractivity contribution in [3.8, 4) is 11.5 Å². The molecule has 0 spiro atoms. The molecule has 2 aliphatic heterocycles. The number of carbonyl (C=O) groups excluding carboxylic acids is 3. The molecule has 2 aromatic rings. The SMILES string of the molecule is CCOC(=O)c1c(C)[nH]c(C(=O)CN2CCC(C(=O)c3ccc4c(c3)OCCO4)CC2)c1C. The number of esters is 1. The molecule has 0 amide bonds. The van der Waals surface area contributed by atoms with E-state index >= 15 is 0 Å². The zero-order valence-corrected chi connectivity index (χ0v) is 19.4. The molecule has 1 saturated heterocycles. The van der Waals surface area contributed by atoms with Crippen molar-refractivity contribution in [2.24, 2.45) is 5.92 Å². The van der Waals surface area contributed by atoms with E-state index in [4.69, 9.17) is 14.2 Å². The van der Waals surface area contributed by atoms with Gasteiger partial charge in [-0.2, -0.15) is 0 Å². The Bertz CT molecular complexity index is 1070. The monoisotopic (exact) mass is 454 g/mol. The van der Waals surface area contributed by atoms with Crippen LogP contribution in [0.15, 0.2) is 18.2 Å². The third kappa shape index (κ3) is 4.80. The first-order valence-electron chi connectivity index (χ1n) is 11.4. The molecule has 0 saturated carbocycles. The summed E-state index contributed by atoms with van der Waals surface area (Å²) in [6, 6.07) is 5.36. The van der Waals surface area contributed by atoms with E-state index in [0.717, 1.165) is 0 Å². The first-order chi connectivity index (χ1) is 15.9. The Morgan fingerprint density at radius 1 is 1.09 bits per heavy atom. The Balaban J connectivity index is 1.35. The van der Waals surface area contributed by atoms with Crippen LogP contribution in [0.25, 0.3) is 0 Å². The Labute approximate surface area is 193 Å².